The van der Waals surface area contributed by atoms with Gasteiger partial charge >= 0.3 is 0 Å². The average Bonchev–Trinajstić information content (AvgIpc) is 3.15. The summed E-state index contributed by atoms with van der Waals surface area (Å²) in [5.41, 5.74) is 2.62. The van der Waals surface area contributed by atoms with Crippen LogP contribution in [0.5, 0.6) is 0 Å². The highest BCUT2D eigenvalue weighted by Crippen LogP contribution is 2.17. The summed E-state index contributed by atoms with van der Waals surface area (Å²) in [7, 11) is 0. The van der Waals surface area contributed by atoms with E-state index in [1.165, 1.54) is 36.8 Å². The van der Waals surface area contributed by atoms with Crippen molar-refractivity contribution in [3.05, 3.63) is 35.4 Å². The molecular weight excluding hydrogens is 312 g/mol. The Morgan fingerprint density at radius 2 is 1.80 bits per heavy atom. The van der Waals surface area contributed by atoms with Gasteiger partial charge in [0.1, 0.15) is 0 Å². The molecule has 0 radical (unpaired) electrons. The number of nitrogens with zero attached hydrogens (tertiary/aromatic N) is 2. The third kappa shape index (κ3) is 6.01. The van der Waals surface area contributed by atoms with E-state index >= 15 is 0 Å². The summed E-state index contributed by atoms with van der Waals surface area (Å²) in [6.45, 7) is 8.53. The predicted octanol–water partition coefficient (Wildman–Crippen LogP) is 2.52. The Hall–Kier alpha value is -1.59. The van der Waals surface area contributed by atoms with Crippen LogP contribution in [0.2, 0.25) is 0 Å². The normalized spacial score (nSPS) is 20.0. The second kappa shape index (κ2) is 9.78. The minimum absolute atomic E-state index is 0.591. The van der Waals surface area contributed by atoms with E-state index in [9.17, 15) is 0 Å². The van der Waals surface area contributed by atoms with Crippen LogP contribution in [0.25, 0.3) is 0 Å². The molecule has 2 N–H and O–H groups in total. The monoisotopic (exact) mass is 344 g/mol. The van der Waals surface area contributed by atoms with Crippen molar-refractivity contribution in [2.45, 2.75) is 51.7 Å². The van der Waals surface area contributed by atoms with Crippen molar-refractivity contribution in [2.75, 3.05) is 32.8 Å². The zero-order valence-corrected chi connectivity index (χ0v) is 15.5. The van der Waals surface area contributed by atoms with Crippen LogP contribution in [0.4, 0.5) is 0 Å². The van der Waals surface area contributed by atoms with E-state index in [2.05, 4.69) is 46.7 Å². The Morgan fingerprint density at radius 3 is 2.48 bits per heavy atom. The molecule has 0 spiro atoms. The Balaban J connectivity index is 1.51. The quantitative estimate of drug-likeness (QED) is 0.615. The van der Waals surface area contributed by atoms with Gasteiger partial charge in [-0.15, -0.1) is 0 Å². The number of rotatable bonds is 6. The van der Waals surface area contributed by atoms with Crippen molar-refractivity contribution in [1.29, 1.82) is 0 Å². The van der Waals surface area contributed by atoms with E-state index in [1.54, 1.807) is 0 Å². The van der Waals surface area contributed by atoms with E-state index in [4.69, 9.17) is 9.73 Å². The van der Waals surface area contributed by atoms with Crippen LogP contribution in [0.15, 0.2) is 29.3 Å². The number of nitrogens with one attached hydrogen (secondary N) is 2. The van der Waals surface area contributed by atoms with E-state index in [-0.39, 0.29) is 0 Å². The molecule has 0 unspecified atom stereocenters. The Morgan fingerprint density at radius 1 is 1.12 bits per heavy atom. The summed E-state index contributed by atoms with van der Waals surface area (Å²) >= 11 is 0. The SMILES string of the molecule is CCNC(=NCc1ccc(CN2CCOCC2)cc1)NC1CCCC1. The van der Waals surface area contributed by atoms with Gasteiger partial charge in [-0.2, -0.15) is 0 Å². The molecule has 0 amide bonds. The number of aliphatic imine (C=N–C) groups is 1. The third-order valence-electron chi connectivity index (χ3n) is 4.99. The topological polar surface area (TPSA) is 48.9 Å². The van der Waals surface area contributed by atoms with Gasteiger partial charge in [0.15, 0.2) is 5.96 Å². The van der Waals surface area contributed by atoms with Crippen molar-refractivity contribution in [1.82, 2.24) is 15.5 Å². The summed E-state index contributed by atoms with van der Waals surface area (Å²) < 4.78 is 5.41. The molecule has 1 saturated carbocycles. The first-order valence-electron chi connectivity index (χ1n) is 9.76. The smallest absolute Gasteiger partial charge is 0.191 e. The minimum atomic E-state index is 0.591. The first kappa shape index (κ1) is 18.2. The Bertz CT molecular complexity index is 531. The molecule has 1 aromatic carbocycles. The van der Waals surface area contributed by atoms with Crippen LogP contribution in [-0.4, -0.2) is 49.7 Å². The van der Waals surface area contributed by atoms with Crippen molar-refractivity contribution in [2.24, 2.45) is 4.99 Å². The van der Waals surface area contributed by atoms with Gasteiger partial charge in [-0.1, -0.05) is 37.1 Å². The van der Waals surface area contributed by atoms with E-state index < -0.39 is 0 Å². The van der Waals surface area contributed by atoms with Crippen LogP contribution in [0.3, 0.4) is 0 Å². The van der Waals surface area contributed by atoms with Gasteiger partial charge in [0.2, 0.25) is 0 Å². The van der Waals surface area contributed by atoms with Gasteiger partial charge in [-0.05, 0) is 30.9 Å². The molecule has 3 rings (SSSR count). The van der Waals surface area contributed by atoms with Crippen LogP contribution in [0.1, 0.15) is 43.7 Å². The number of guanidine groups is 1. The molecule has 1 aliphatic heterocycles. The second-order valence-corrected chi connectivity index (χ2v) is 7.03. The lowest BCUT2D eigenvalue weighted by Gasteiger charge is -2.26. The number of benzene rings is 1. The van der Waals surface area contributed by atoms with E-state index in [0.717, 1.165) is 51.9 Å². The summed E-state index contributed by atoms with van der Waals surface area (Å²) in [4.78, 5) is 7.21. The summed E-state index contributed by atoms with van der Waals surface area (Å²) in [5, 5.41) is 6.94. The lowest BCUT2D eigenvalue weighted by atomic mass is 10.1. The van der Waals surface area contributed by atoms with Crippen molar-refractivity contribution < 1.29 is 4.74 Å². The maximum atomic E-state index is 5.41. The third-order valence-corrected chi connectivity index (χ3v) is 4.99. The first-order chi connectivity index (χ1) is 12.3. The number of hydrogen-bond acceptors (Lipinski definition) is 3. The highest BCUT2D eigenvalue weighted by Gasteiger charge is 2.15. The molecule has 25 heavy (non-hydrogen) atoms. The summed E-state index contributed by atoms with van der Waals surface area (Å²) in [6, 6.07) is 9.47. The molecule has 0 atom stereocenters. The van der Waals surface area contributed by atoms with Crippen LogP contribution in [0, 0.1) is 0 Å². The lowest BCUT2D eigenvalue weighted by molar-refractivity contribution is 0.0342. The zero-order valence-electron chi connectivity index (χ0n) is 15.5. The molecule has 1 aromatic rings. The second-order valence-electron chi connectivity index (χ2n) is 7.03. The van der Waals surface area contributed by atoms with Crippen molar-refractivity contribution in [3.8, 4) is 0 Å². The highest BCUT2D eigenvalue weighted by molar-refractivity contribution is 5.80. The first-order valence-corrected chi connectivity index (χ1v) is 9.76. The van der Waals surface area contributed by atoms with E-state index in [0.29, 0.717) is 6.04 Å². The van der Waals surface area contributed by atoms with E-state index in [1.807, 2.05) is 0 Å². The lowest BCUT2D eigenvalue weighted by Crippen LogP contribution is -2.42. The molecule has 1 aliphatic carbocycles. The van der Waals surface area contributed by atoms with Crippen molar-refractivity contribution in [3.63, 3.8) is 0 Å². The van der Waals surface area contributed by atoms with Crippen LogP contribution >= 0.6 is 0 Å². The number of hydrogen-bond donors (Lipinski definition) is 2. The molecule has 1 heterocycles. The van der Waals surface area contributed by atoms with Gasteiger partial charge in [-0.25, -0.2) is 4.99 Å². The molecule has 0 bridgehead atoms. The molecule has 5 heteroatoms. The van der Waals surface area contributed by atoms with Crippen LogP contribution < -0.4 is 10.6 Å². The molecule has 5 nitrogen and oxygen atoms in total. The zero-order chi connectivity index (χ0) is 17.3. The van der Waals surface area contributed by atoms with Gasteiger partial charge in [0.05, 0.1) is 19.8 Å². The molecule has 1 saturated heterocycles. The van der Waals surface area contributed by atoms with Gasteiger partial charge in [0.25, 0.3) is 0 Å². The fourth-order valence-corrected chi connectivity index (χ4v) is 3.52. The summed E-state index contributed by atoms with van der Waals surface area (Å²) in [6.07, 6.45) is 5.20. The van der Waals surface area contributed by atoms with Crippen molar-refractivity contribution >= 4 is 5.96 Å². The highest BCUT2D eigenvalue weighted by atomic mass is 16.5. The Kier molecular flexibility index (Phi) is 7.12. The minimum Gasteiger partial charge on any atom is -0.379 e. The average molecular weight is 345 g/mol. The molecule has 0 aromatic heterocycles. The molecule has 2 fully saturated rings. The number of morpholine rings is 1. The van der Waals surface area contributed by atoms with Gasteiger partial charge in [-0.3, -0.25) is 4.90 Å². The largest absolute Gasteiger partial charge is 0.379 e. The fourth-order valence-electron chi connectivity index (χ4n) is 3.52. The maximum absolute atomic E-state index is 5.41. The summed E-state index contributed by atoms with van der Waals surface area (Å²) in [5.74, 6) is 0.951. The fraction of sp³-hybridized carbons (Fsp3) is 0.650. The van der Waals surface area contributed by atoms with Gasteiger partial charge in [0, 0.05) is 32.2 Å². The Labute approximate surface area is 151 Å². The van der Waals surface area contributed by atoms with Gasteiger partial charge < -0.3 is 15.4 Å². The van der Waals surface area contributed by atoms with Crippen LogP contribution in [-0.2, 0) is 17.8 Å². The molecular formula is C20H32N4O. The number of ether oxygens (including phenoxy) is 1. The molecule has 138 valence electrons. The molecule has 2 aliphatic rings. The predicted molar refractivity (Wildman–Crippen MR) is 103 cm³/mol. The standard InChI is InChI=1S/C20H32N4O/c1-2-21-20(23-19-5-3-4-6-19)22-15-17-7-9-18(10-8-17)16-24-11-13-25-14-12-24/h7-10,19H,2-6,11-16H2,1H3,(H2,21,22,23). The maximum Gasteiger partial charge on any atom is 0.191 e.